The van der Waals surface area contributed by atoms with Crippen molar-refractivity contribution in [2.45, 2.75) is 0 Å². The monoisotopic (exact) mass is 376 g/mol. The number of anilines is 1. The van der Waals surface area contributed by atoms with Crippen molar-refractivity contribution in [1.29, 1.82) is 0 Å². The molecule has 2 aromatic rings. The molecule has 0 bridgehead atoms. The van der Waals surface area contributed by atoms with Crippen LogP contribution in [0.25, 0.3) is 0 Å². The summed E-state index contributed by atoms with van der Waals surface area (Å²) in [5, 5.41) is 2.74. The van der Waals surface area contributed by atoms with E-state index in [1.165, 1.54) is 4.90 Å². The van der Waals surface area contributed by atoms with Gasteiger partial charge in [0.1, 0.15) is 5.75 Å². The third kappa shape index (κ3) is 4.82. The Labute approximate surface area is 143 Å². The first-order valence-corrected chi connectivity index (χ1v) is 7.74. The molecule has 2 rings (SSSR count). The number of nitrogens with one attached hydrogen (secondary N) is 1. The van der Waals surface area contributed by atoms with Crippen molar-refractivity contribution >= 4 is 33.4 Å². The Morgan fingerprint density at radius 2 is 1.70 bits per heavy atom. The number of carbonyl (C=O) groups excluding carboxylic acids is 2. The number of ether oxygens (including phenoxy) is 1. The SMILES string of the molecule is COc1ccc(NC(=O)CN(C)C(=O)c2ccc(Br)cc2)cc1. The lowest BCUT2D eigenvalue weighted by molar-refractivity contribution is -0.116. The lowest BCUT2D eigenvalue weighted by atomic mass is 10.2. The van der Waals surface area contributed by atoms with Crippen molar-refractivity contribution < 1.29 is 14.3 Å². The Balaban J connectivity index is 1.93. The summed E-state index contributed by atoms with van der Waals surface area (Å²) in [4.78, 5) is 25.6. The van der Waals surface area contributed by atoms with Gasteiger partial charge in [0.2, 0.25) is 5.91 Å². The van der Waals surface area contributed by atoms with Gasteiger partial charge in [0.05, 0.1) is 13.7 Å². The molecule has 0 aromatic heterocycles. The Bertz CT molecular complexity index is 684. The van der Waals surface area contributed by atoms with Crippen LogP contribution in [-0.2, 0) is 4.79 Å². The van der Waals surface area contributed by atoms with E-state index in [1.807, 2.05) is 0 Å². The van der Waals surface area contributed by atoms with Crippen LogP contribution in [0, 0.1) is 0 Å². The standard InChI is InChI=1S/C17H17BrN2O3/c1-20(17(22)12-3-5-13(18)6-4-12)11-16(21)19-14-7-9-15(23-2)10-8-14/h3-10H,11H2,1-2H3,(H,19,21). The number of nitrogens with zero attached hydrogens (tertiary/aromatic N) is 1. The maximum absolute atomic E-state index is 12.2. The van der Waals surface area contributed by atoms with Crippen molar-refractivity contribution in [2.24, 2.45) is 0 Å². The molecule has 0 unspecified atom stereocenters. The minimum Gasteiger partial charge on any atom is -0.497 e. The largest absolute Gasteiger partial charge is 0.497 e. The summed E-state index contributed by atoms with van der Waals surface area (Å²) in [5.41, 5.74) is 1.19. The van der Waals surface area contributed by atoms with E-state index in [0.717, 1.165) is 4.47 Å². The molecule has 0 saturated carbocycles. The highest BCUT2D eigenvalue weighted by Gasteiger charge is 2.15. The van der Waals surface area contributed by atoms with Crippen molar-refractivity contribution in [3.8, 4) is 5.75 Å². The molecule has 0 radical (unpaired) electrons. The van der Waals surface area contributed by atoms with Gasteiger partial charge in [-0.05, 0) is 48.5 Å². The van der Waals surface area contributed by atoms with E-state index in [0.29, 0.717) is 17.0 Å². The lowest BCUT2D eigenvalue weighted by Gasteiger charge is -2.17. The van der Waals surface area contributed by atoms with E-state index in [1.54, 1.807) is 62.7 Å². The molecule has 2 aromatic carbocycles. The fraction of sp³-hybridized carbons (Fsp3) is 0.176. The van der Waals surface area contributed by atoms with Crippen LogP contribution in [-0.4, -0.2) is 37.4 Å². The van der Waals surface area contributed by atoms with E-state index in [-0.39, 0.29) is 18.4 Å². The smallest absolute Gasteiger partial charge is 0.254 e. The number of rotatable bonds is 5. The van der Waals surface area contributed by atoms with Gasteiger partial charge in [-0.15, -0.1) is 0 Å². The number of hydrogen-bond acceptors (Lipinski definition) is 3. The van der Waals surface area contributed by atoms with Crippen LogP contribution < -0.4 is 10.1 Å². The molecular formula is C17H17BrN2O3. The zero-order chi connectivity index (χ0) is 16.8. The first-order chi connectivity index (χ1) is 11.0. The number of methoxy groups -OCH3 is 1. The molecule has 2 amide bonds. The van der Waals surface area contributed by atoms with Gasteiger partial charge in [0.25, 0.3) is 5.91 Å². The van der Waals surface area contributed by atoms with Crippen molar-refractivity contribution in [2.75, 3.05) is 26.0 Å². The predicted molar refractivity (Wildman–Crippen MR) is 92.7 cm³/mol. The molecular weight excluding hydrogens is 360 g/mol. The number of likely N-dealkylation sites (N-methyl/N-ethyl adjacent to an activating group) is 1. The van der Waals surface area contributed by atoms with Gasteiger partial charge in [0.15, 0.2) is 0 Å². The van der Waals surface area contributed by atoms with E-state index in [2.05, 4.69) is 21.2 Å². The molecule has 6 heteroatoms. The predicted octanol–water partition coefficient (Wildman–Crippen LogP) is 3.17. The van der Waals surface area contributed by atoms with Crippen molar-refractivity contribution in [3.05, 3.63) is 58.6 Å². The highest BCUT2D eigenvalue weighted by Crippen LogP contribution is 2.15. The molecule has 0 aliphatic carbocycles. The second-order valence-corrected chi connectivity index (χ2v) is 5.86. The maximum Gasteiger partial charge on any atom is 0.254 e. The number of hydrogen-bond donors (Lipinski definition) is 1. The maximum atomic E-state index is 12.2. The summed E-state index contributed by atoms with van der Waals surface area (Å²) < 4.78 is 5.96. The molecule has 0 aliphatic rings. The number of amides is 2. The molecule has 0 aliphatic heterocycles. The Kier molecular flexibility index (Phi) is 5.76. The third-order valence-corrected chi connectivity index (χ3v) is 3.72. The summed E-state index contributed by atoms with van der Waals surface area (Å²) >= 11 is 3.32. The van der Waals surface area contributed by atoms with E-state index >= 15 is 0 Å². The first kappa shape index (κ1) is 17.0. The van der Waals surface area contributed by atoms with Crippen LogP contribution in [0.2, 0.25) is 0 Å². The fourth-order valence-corrected chi connectivity index (χ4v) is 2.24. The average Bonchev–Trinajstić information content (AvgIpc) is 2.55. The highest BCUT2D eigenvalue weighted by molar-refractivity contribution is 9.10. The van der Waals surface area contributed by atoms with Crippen LogP contribution in [0.15, 0.2) is 53.0 Å². The minimum absolute atomic E-state index is 0.0269. The van der Waals surface area contributed by atoms with Gasteiger partial charge >= 0.3 is 0 Å². The number of halogens is 1. The summed E-state index contributed by atoms with van der Waals surface area (Å²) in [6.07, 6.45) is 0. The van der Waals surface area contributed by atoms with Gasteiger partial charge in [-0.3, -0.25) is 9.59 Å². The summed E-state index contributed by atoms with van der Waals surface area (Å²) in [7, 11) is 3.17. The quantitative estimate of drug-likeness (QED) is 0.871. The summed E-state index contributed by atoms with van der Waals surface area (Å²) in [6.45, 7) is -0.0269. The molecule has 0 saturated heterocycles. The molecule has 0 heterocycles. The normalized spacial score (nSPS) is 10.0. The van der Waals surface area contributed by atoms with E-state index in [9.17, 15) is 9.59 Å². The zero-order valence-corrected chi connectivity index (χ0v) is 14.5. The zero-order valence-electron chi connectivity index (χ0n) is 12.9. The van der Waals surface area contributed by atoms with E-state index in [4.69, 9.17) is 4.74 Å². The highest BCUT2D eigenvalue weighted by atomic mass is 79.9. The second-order valence-electron chi connectivity index (χ2n) is 4.94. The molecule has 1 N–H and O–H groups in total. The third-order valence-electron chi connectivity index (χ3n) is 3.19. The fourth-order valence-electron chi connectivity index (χ4n) is 1.97. The van der Waals surface area contributed by atoms with Gasteiger partial charge in [-0.25, -0.2) is 0 Å². The van der Waals surface area contributed by atoms with Crippen molar-refractivity contribution in [1.82, 2.24) is 4.90 Å². The first-order valence-electron chi connectivity index (χ1n) is 6.94. The van der Waals surface area contributed by atoms with Gasteiger partial charge in [0, 0.05) is 22.8 Å². The molecule has 120 valence electrons. The van der Waals surface area contributed by atoms with Gasteiger partial charge in [-0.1, -0.05) is 15.9 Å². The van der Waals surface area contributed by atoms with Gasteiger partial charge < -0.3 is 15.0 Å². The number of carbonyl (C=O) groups is 2. The Morgan fingerprint density at radius 1 is 1.09 bits per heavy atom. The van der Waals surface area contributed by atoms with Crippen LogP contribution in [0.5, 0.6) is 5.75 Å². The Hall–Kier alpha value is -2.34. The van der Waals surface area contributed by atoms with Crippen molar-refractivity contribution in [3.63, 3.8) is 0 Å². The number of benzene rings is 2. The molecule has 5 nitrogen and oxygen atoms in total. The van der Waals surface area contributed by atoms with E-state index < -0.39 is 0 Å². The van der Waals surface area contributed by atoms with Crippen LogP contribution >= 0.6 is 15.9 Å². The molecule has 23 heavy (non-hydrogen) atoms. The summed E-state index contributed by atoms with van der Waals surface area (Å²) in [6, 6.07) is 14.0. The average molecular weight is 377 g/mol. The van der Waals surface area contributed by atoms with Crippen LogP contribution in [0.3, 0.4) is 0 Å². The van der Waals surface area contributed by atoms with Crippen LogP contribution in [0.1, 0.15) is 10.4 Å². The minimum atomic E-state index is -0.261. The van der Waals surface area contributed by atoms with Gasteiger partial charge in [-0.2, -0.15) is 0 Å². The lowest BCUT2D eigenvalue weighted by Crippen LogP contribution is -2.34. The molecule has 0 atom stereocenters. The second kappa shape index (κ2) is 7.78. The molecule has 0 spiro atoms. The molecule has 0 fully saturated rings. The summed E-state index contributed by atoms with van der Waals surface area (Å²) in [5.74, 6) is 0.246. The Morgan fingerprint density at radius 3 is 2.26 bits per heavy atom. The van der Waals surface area contributed by atoms with Crippen LogP contribution in [0.4, 0.5) is 5.69 Å². The topological polar surface area (TPSA) is 58.6 Å².